The zero-order valence-corrected chi connectivity index (χ0v) is 9.63. The molecule has 1 aromatic rings. The number of hydrogen-bond donors (Lipinski definition) is 3. The molecule has 0 aliphatic carbocycles. The van der Waals surface area contributed by atoms with E-state index in [9.17, 15) is 4.79 Å². The molecular formula is C12H17N3O. The first-order chi connectivity index (χ1) is 7.47. The minimum Gasteiger partial charge on any atom is -0.325 e. The predicted octanol–water partition coefficient (Wildman–Crippen LogP) is 0.966. The quantitative estimate of drug-likeness (QED) is 0.694. The smallest absolute Gasteiger partial charge is 0.243 e. The summed E-state index contributed by atoms with van der Waals surface area (Å²) >= 11 is 0. The molecule has 86 valence electrons. The van der Waals surface area contributed by atoms with Crippen molar-refractivity contribution in [2.24, 2.45) is 5.73 Å². The van der Waals surface area contributed by atoms with Crippen LogP contribution in [0.4, 0.5) is 5.69 Å². The number of nitrogens with two attached hydrogens (primary N) is 1. The van der Waals surface area contributed by atoms with Gasteiger partial charge in [-0.1, -0.05) is 6.07 Å². The molecule has 0 saturated carbocycles. The number of carbonyl (C=O) groups is 1. The molecule has 0 saturated heterocycles. The highest BCUT2D eigenvalue weighted by Gasteiger charge is 2.22. The molecule has 2 rings (SSSR count). The van der Waals surface area contributed by atoms with Crippen LogP contribution < -0.4 is 16.4 Å². The van der Waals surface area contributed by atoms with E-state index in [2.05, 4.69) is 10.6 Å². The number of fused-ring (bicyclic) bond motifs is 1. The van der Waals surface area contributed by atoms with Crippen LogP contribution in [0.15, 0.2) is 18.2 Å². The zero-order valence-electron chi connectivity index (χ0n) is 9.63. The Hall–Kier alpha value is -1.39. The number of amides is 1. The maximum Gasteiger partial charge on any atom is 0.243 e. The Kier molecular flexibility index (Phi) is 2.69. The van der Waals surface area contributed by atoms with E-state index in [1.807, 2.05) is 18.2 Å². The fraction of sp³-hybridized carbons (Fsp3) is 0.417. The fourth-order valence-corrected chi connectivity index (χ4v) is 1.66. The maximum atomic E-state index is 11.7. The van der Waals surface area contributed by atoms with Crippen molar-refractivity contribution < 1.29 is 4.79 Å². The summed E-state index contributed by atoms with van der Waals surface area (Å²) in [6.07, 6.45) is 0. The third kappa shape index (κ3) is 2.23. The molecule has 4 nitrogen and oxygen atoms in total. The van der Waals surface area contributed by atoms with Crippen molar-refractivity contribution in [1.29, 1.82) is 0 Å². The van der Waals surface area contributed by atoms with Gasteiger partial charge in [0, 0.05) is 18.8 Å². The molecule has 16 heavy (non-hydrogen) atoms. The van der Waals surface area contributed by atoms with Gasteiger partial charge in [0.2, 0.25) is 5.91 Å². The van der Waals surface area contributed by atoms with Crippen LogP contribution in [0.5, 0.6) is 0 Å². The molecule has 0 spiro atoms. The third-order valence-corrected chi connectivity index (χ3v) is 2.68. The molecule has 0 radical (unpaired) electrons. The van der Waals surface area contributed by atoms with Crippen LogP contribution in [-0.2, 0) is 17.9 Å². The molecule has 4 N–H and O–H groups in total. The topological polar surface area (TPSA) is 67.2 Å². The average Bonchev–Trinajstić information content (AvgIpc) is 2.63. The normalized spacial score (nSPS) is 14.7. The highest BCUT2D eigenvalue weighted by atomic mass is 16.2. The van der Waals surface area contributed by atoms with Crippen molar-refractivity contribution in [3.05, 3.63) is 29.3 Å². The lowest BCUT2D eigenvalue weighted by atomic mass is 10.1. The Balaban J connectivity index is 2.14. The molecule has 0 fully saturated rings. The Bertz CT molecular complexity index is 421. The van der Waals surface area contributed by atoms with Crippen molar-refractivity contribution in [1.82, 2.24) is 5.32 Å². The average molecular weight is 219 g/mol. The van der Waals surface area contributed by atoms with Gasteiger partial charge in [-0.15, -0.1) is 0 Å². The van der Waals surface area contributed by atoms with Crippen LogP contribution in [-0.4, -0.2) is 11.4 Å². The van der Waals surface area contributed by atoms with Crippen LogP contribution in [0.25, 0.3) is 0 Å². The Morgan fingerprint density at radius 3 is 2.75 bits per heavy atom. The monoisotopic (exact) mass is 219 g/mol. The standard InChI is InChI=1S/C12H17N3O/c1-12(2,13)11(16)15-10-4-3-8-6-14-7-9(8)5-10/h3-5,14H,6-7,13H2,1-2H3,(H,15,16). The van der Waals surface area contributed by atoms with E-state index in [4.69, 9.17) is 5.73 Å². The summed E-state index contributed by atoms with van der Waals surface area (Å²) in [6, 6.07) is 5.95. The van der Waals surface area contributed by atoms with Gasteiger partial charge in [0.05, 0.1) is 5.54 Å². The van der Waals surface area contributed by atoms with Crippen molar-refractivity contribution in [3.63, 3.8) is 0 Å². The van der Waals surface area contributed by atoms with E-state index in [1.54, 1.807) is 13.8 Å². The van der Waals surface area contributed by atoms with Gasteiger partial charge < -0.3 is 16.4 Å². The van der Waals surface area contributed by atoms with E-state index in [1.165, 1.54) is 11.1 Å². The minimum atomic E-state index is -0.850. The van der Waals surface area contributed by atoms with Crippen LogP contribution in [0.3, 0.4) is 0 Å². The number of benzene rings is 1. The van der Waals surface area contributed by atoms with E-state index in [0.717, 1.165) is 18.8 Å². The summed E-state index contributed by atoms with van der Waals surface area (Å²) in [4.78, 5) is 11.7. The second kappa shape index (κ2) is 3.88. The molecule has 1 aromatic carbocycles. The summed E-state index contributed by atoms with van der Waals surface area (Å²) in [6.45, 7) is 5.16. The van der Waals surface area contributed by atoms with E-state index in [0.29, 0.717) is 0 Å². The van der Waals surface area contributed by atoms with Crippen molar-refractivity contribution in [2.75, 3.05) is 5.32 Å². The van der Waals surface area contributed by atoms with Crippen LogP contribution in [0.2, 0.25) is 0 Å². The van der Waals surface area contributed by atoms with Crippen molar-refractivity contribution in [2.45, 2.75) is 32.5 Å². The zero-order chi connectivity index (χ0) is 11.8. The highest BCUT2D eigenvalue weighted by molar-refractivity contribution is 5.97. The number of carbonyl (C=O) groups excluding carboxylic acids is 1. The first-order valence-corrected chi connectivity index (χ1v) is 5.40. The molecule has 1 heterocycles. The van der Waals surface area contributed by atoms with E-state index in [-0.39, 0.29) is 5.91 Å². The minimum absolute atomic E-state index is 0.168. The van der Waals surface area contributed by atoms with Gasteiger partial charge in [-0.3, -0.25) is 4.79 Å². The summed E-state index contributed by atoms with van der Waals surface area (Å²) in [5.74, 6) is -0.168. The van der Waals surface area contributed by atoms with Gasteiger partial charge in [0.15, 0.2) is 0 Å². The van der Waals surface area contributed by atoms with Gasteiger partial charge in [-0.25, -0.2) is 0 Å². The first kappa shape index (κ1) is 11.1. The molecular weight excluding hydrogens is 202 g/mol. The second-order valence-electron chi connectivity index (χ2n) is 4.76. The van der Waals surface area contributed by atoms with Gasteiger partial charge >= 0.3 is 0 Å². The van der Waals surface area contributed by atoms with Crippen molar-refractivity contribution in [3.8, 4) is 0 Å². The van der Waals surface area contributed by atoms with Gasteiger partial charge in [-0.2, -0.15) is 0 Å². The lowest BCUT2D eigenvalue weighted by Gasteiger charge is -2.18. The van der Waals surface area contributed by atoms with Crippen molar-refractivity contribution >= 4 is 11.6 Å². The highest BCUT2D eigenvalue weighted by Crippen LogP contribution is 2.20. The predicted molar refractivity (Wildman–Crippen MR) is 63.9 cm³/mol. The molecule has 1 aliphatic heterocycles. The summed E-state index contributed by atoms with van der Waals surface area (Å²) < 4.78 is 0. The second-order valence-corrected chi connectivity index (χ2v) is 4.76. The summed E-state index contributed by atoms with van der Waals surface area (Å²) in [5.41, 5.74) is 8.22. The third-order valence-electron chi connectivity index (χ3n) is 2.68. The molecule has 0 atom stereocenters. The van der Waals surface area contributed by atoms with E-state index < -0.39 is 5.54 Å². The molecule has 1 aliphatic rings. The van der Waals surface area contributed by atoms with Gasteiger partial charge in [0.1, 0.15) is 0 Å². The van der Waals surface area contributed by atoms with Gasteiger partial charge in [-0.05, 0) is 37.1 Å². The number of hydrogen-bond acceptors (Lipinski definition) is 3. The Morgan fingerprint density at radius 1 is 1.38 bits per heavy atom. The lowest BCUT2D eigenvalue weighted by molar-refractivity contribution is -0.120. The molecule has 0 unspecified atom stereocenters. The first-order valence-electron chi connectivity index (χ1n) is 5.40. The largest absolute Gasteiger partial charge is 0.325 e. The Labute approximate surface area is 95.2 Å². The SMILES string of the molecule is CC(C)(N)C(=O)Nc1ccc2c(c1)CNC2. The molecule has 4 heteroatoms. The molecule has 0 bridgehead atoms. The lowest BCUT2D eigenvalue weighted by Crippen LogP contribution is -2.45. The summed E-state index contributed by atoms with van der Waals surface area (Å²) in [5, 5.41) is 6.08. The van der Waals surface area contributed by atoms with E-state index >= 15 is 0 Å². The molecule has 0 aromatic heterocycles. The maximum absolute atomic E-state index is 11.7. The number of rotatable bonds is 2. The van der Waals surface area contributed by atoms with Crippen LogP contribution in [0.1, 0.15) is 25.0 Å². The number of nitrogens with one attached hydrogen (secondary N) is 2. The fourth-order valence-electron chi connectivity index (χ4n) is 1.66. The van der Waals surface area contributed by atoms with Crippen LogP contribution in [0, 0.1) is 0 Å². The Morgan fingerprint density at radius 2 is 2.06 bits per heavy atom. The van der Waals surface area contributed by atoms with Crippen LogP contribution >= 0.6 is 0 Å². The summed E-state index contributed by atoms with van der Waals surface area (Å²) in [7, 11) is 0. The van der Waals surface area contributed by atoms with Gasteiger partial charge in [0.25, 0.3) is 0 Å². The number of anilines is 1. The molecule has 1 amide bonds.